The van der Waals surface area contributed by atoms with Gasteiger partial charge < -0.3 is 5.73 Å². The number of nitrogen functional groups attached to an aromatic ring is 1. The average molecular weight is 298 g/mol. The SMILES string of the molecule is Nc1c(Cl)cc(F)cc1-c1ccc(-c2ccccc2)cc1. The van der Waals surface area contributed by atoms with Crippen molar-refractivity contribution >= 4 is 17.3 Å². The molecular weight excluding hydrogens is 285 g/mol. The summed E-state index contributed by atoms with van der Waals surface area (Å²) >= 11 is 5.93. The lowest BCUT2D eigenvalue weighted by Crippen LogP contribution is -1.93. The Morgan fingerprint density at radius 3 is 2.00 bits per heavy atom. The topological polar surface area (TPSA) is 26.0 Å². The molecule has 2 N–H and O–H groups in total. The number of nitrogens with two attached hydrogens (primary N) is 1. The standard InChI is InChI=1S/C18H13ClFN/c19-17-11-15(20)10-16(18(17)21)14-8-6-13(7-9-14)12-4-2-1-3-5-12/h1-11H,21H2. The normalized spacial score (nSPS) is 10.6. The first-order valence-electron chi connectivity index (χ1n) is 6.55. The van der Waals surface area contributed by atoms with Crippen LogP contribution in [-0.2, 0) is 0 Å². The van der Waals surface area contributed by atoms with Gasteiger partial charge in [-0.2, -0.15) is 0 Å². The van der Waals surface area contributed by atoms with Crippen LogP contribution in [0, 0.1) is 5.82 Å². The quantitative estimate of drug-likeness (QED) is 0.630. The number of halogens is 2. The molecule has 0 atom stereocenters. The third-order valence-corrected chi connectivity index (χ3v) is 3.71. The van der Waals surface area contributed by atoms with Crippen molar-refractivity contribution in [2.45, 2.75) is 0 Å². The highest BCUT2D eigenvalue weighted by atomic mass is 35.5. The van der Waals surface area contributed by atoms with Crippen molar-refractivity contribution in [3.8, 4) is 22.3 Å². The van der Waals surface area contributed by atoms with Crippen molar-refractivity contribution in [1.82, 2.24) is 0 Å². The lowest BCUT2D eigenvalue weighted by Gasteiger charge is -2.09. The zero-order valence-electron chi connectivity index (χ0n) is 11.2. The first-order chi connectivity index (χ1) is 10.1. The van der Waals surface area contributed by atoms with E-state index < -0.39 is 5.82 Å². The molecule has 0 amide bonds. The van der Waals surface area contributed by atoms with E-state index in [-0.39, 0.29) is 5.02 Å². The Hall–Kier alpha value is -2.32. The number of anilines is 1. The minimum absolute atomic E-state index is 0.233. The minimum Gasteiger partial charge on any atom is -0.397 e. The van der Waals surface area contributed by atoms with E-state index in [2.05, 4.69) is 0 Å². The van der Waals surface area contributed by atoms with Crippen LogP contribution in [-0.4, -0.2) is 0 Å². The second kappa shape index (κ2) is 5.58. The van der Waals surface area contributed by atoms with Gasteiger partial charge in [-0.25, -0.2) is 4.39 Å². The molecule has 0 saturated heterocycles. The molecule has 21 heavy (non-hydrogen) atoms. The van der Waals surface area contributed by atoms with Crippen molar-refractivity contribution < 1.29 is 4.39 Å². The predicted octanol–water partition coefficient (Wildman–Crippen LogP) is 5.40. The Morgan fingerprint density at radius 1 is 0.762 bits per heavy atom. The second-order valence-corrected chi connectivity index (χ2v) is 5.20. The third-order valence-electron chi connectivity index (χ3n) is 3.40. The molecule has 3 aromatic carbocycles. The summed E-state index contributed by atoms with van der Waals surface area (Å²) in [4.78, 5) is 0. The highest BCUT2D eigenvalue weighted by Gasteiger charge is 2.09. The molecule has 0 radical (unpaired) electrons. The maximum Gasteiger partial charge on any atom is 0.125 e. The zero-order valence-corrected chi connectivity index (χ0v) is 11.9. The van der Waals surface area contributed by atoms with Crippen molar-refractivity contribution in [2.24, 2.45) is 0 Å². The Morgan fingerprint density at radius 2 is 1.33 bits per heavy atom. The first-order valence-corrected chi connectivity index (χ1v) is 6.93. The number of hydrogen-bond acceptors (Lipinski definition) is 1. The summed E-state index contributed by atoms with van der Waals surface area (Å²) in [6.07, 6.45) is 0. The van der Waals surface area contributed by atoms with Gasteiger partial charge in [0.2, 0.25) is 0 Å². The monoisotopic (exact) mass is 297 g/mol. The summed E-state index contributed by atoms with van der Waals surface area (Å²) in [5, 5.41) is 0.233. The van der Waals surface area contributed by atoms with Gasteiger partial charge in [-0.15, -0.1) is 0 Å². The molecule has 0 aliphatic heterocycles. The van der Waals surface area contributed by atoms with Crippen LogP contribution in [0.4, 0.5) is 10.1 Å². The first kappa shape index (κ1) is 13.7. The molecule has 0 aliphatic carbocycles. The van der Waals surface area contributed by atoms with E-state index in [4.69, 9.17) is 17.3 Å². The van der Waals surface area contributed by atoms with E-state index in [0.29, 0.717) is 11.3 Å². The van der Waals surface area contributed by atoms with Crippen LogP contribution in [0.3, 0.4) is 0 Å². The molecule has 0 unspecified atom stereocenters. The van der Waals surface area contributed by atoms with E-state index >= 15 is 0 Å². The largest absolute Gasteiger partial charge is 0.397 e. The lowest BCUT2D eigenvalue weighted by molar-refractivity contribution is 0.628. The Balaban J connectivity index is 2.02. The van der Waals surface area contributed by atoms with Crippen molar-refractivity contribution in [1.29, 1.82) is 0 Å². The fourth-order valence-corrected chi connectivity index (χ4v) is 2.50. The summed E-state index contributed by atoms with van der Waals surface area (Å²) in [7, 11) is 0. The molecule has 3 heteroatoms. The van der Waals surface area contributed by atoms with Crippen molar-refractivity contribution in [3.05, 3.63) is 77.6 Å². The van der Waals surface area contributed by atoms with Gasteiger partial charge in [-0.05, 0) is 28.8 Å². The van der Waals surface area contributed by atoms with Crippen LogP contribution in [0.1, 0.15) is 0 Å². The molecule has 0 aromatic heterocycles. The molecule has 0 spiro atoms. The van der Waals surface area contributed by atoms with E-state index in [1.165, 1.54) is 12.1 Å². The summed E-state index contributed by atoms with van der Waals surface area (Å²) < 4.78 is 13.5. The van der Waals surface area contributed by atoms with Gasteiger partial charge in [0.25, 0.3) is 0 Å². The minimum atomic E-state index is -0.392. The van der Waals surface area contributed by atoms with Gasteiger partial charge in [0.05, 0.1) is 10.7 Å². The van der Waals surface area contributed by atoms with E-state index in [1.54, 1.807) is 0 Å². The van der Waals surface area contributed by atoms with Gasteiger partial charge in [0, 0.05) is 5.56 Å². The number of hydrogen-bond donors (Lipinski definition) is 1. The van der Waals surface area contributed by atoms with Gasteiger partial charge in [-0.3, -0.25) is 0 Å². The molecule has 0 saturated carbocycles. The van der Waals surface area contributed by atoms with E-state index in [1.807, 2.05) is 54.6 Å². The van der Waals surface area contributed by atoms with Crippen LogP contribution in [0.25, 0.3) is 22.3 Å². The second-order valence-electron chi connectivity index (χ2n) is 4.79. The molecule has 3 rings (SSSR count). The van der Waals surface area contributed by atoms with Crippen LogP contribution in [0.5, 0.6) is 0 Å². The maximum atomic E-state index is 13.5. The van der Waals surface area contributed by atoms with Crippen molar-refractivity contribution in [3.63, 3.8) is 0 Å². The van der Waals surface area contributed by atoms with Gasteiger partial charge in [0.1, 0.15) is 5.82 Å². The Labute approximate surface area is 127 Å². The number of benzene rings is 3. The molecule has 0 fully saturated rings. The van der Waals surface area contributed by atoms with E-state index in [0.717, 1.165) is 16.7 Å². The highest BCUT2D eigenvalue weighted by Crippen LogP contribution is 2.33. The van der Waals surface area contributed by atoms with E-state index in [9.17, 15) is 4.39 Å². The summed E-state index contributed by atoms with van der Waals surface area (Å²) in [6, 6.07) is 20.5. The molecule has 3 aromatic rings. The molecular formula is C18H13ClFN. The van der Waals surface area contributed by atoms with Crippen LogP contribution >= 0.6 is 11.6 Å². The zero-order chi connectivity index (χ0) is 14.8. The summed E-state index contributed by atoms with van der Waals surface area (Å²) in [5.74, 6) is -0.392. The van der Waals surface area contributed by atoms with Gasteiger partial charge >= 0.3 is 0 Å². The van der Waals surface area contributed by atoms with Crippen LogP contribution in [0.2, 0.25) is 5.02 Å². The maximum absolute atomic E-state index is 13.5. The highest BCUT2D eigenvalue weighted by molar-refractivity contribution is 6.33. The predicted molar refractivity (Wildman–Crippen MR) is 86.7 cm³/mol. The molecule has 104 valence electrons. The Bertz CT molecular complexity index is 767. The van der Waals surface area contributed by atoms with Crippen molar-refractivity contribution in [2.75, 3.05) is 5.73 Å². The molecule has 0 heterocycles. The number of rotatable bonds is 2. The van der Waals surface area contributed by atoms with Gasteiger partial charge in [0.15, 0.2) is 0 Å². The summed E-state index contributed by atoms with van der Waals surface area (Å²) in [5.41, 5.74) is 10.0. The van der Waals surface area contributed by atoms with Crippen LogP contribution in [0.15, 0.2) is 66.7 Å². The summed E-state index contributed by atoms with van der Waals surface area (Å²) in [6.45, 7) is 0. The fourth-order valence-electron chi connectivity index (χ4n) is 2.30. The van der Waals surface area contributed by atoms with Crippen LogP contribution < -0.4 is 5.73 Å². The molecule has 0 bridgehead atoms. The smallest absolute Gasteiger partial charge is 0.125 e. The van der Waals surface area contributed by atoms with Gasteiger partial charge in [-0.1, -0.05) is 66.2 Å². The fraction of sp³-hybridized carbons (Fsp3) is 0. The Kier molecular flexibility index (Phi) is 3.63. The average Bonchev–Trinajstić information content (AvgIpc) is 2.52. The third kappa shape index (κ3) is 2.76. The molecule has 1 nitrogen and oxygen atoms in total. The lowest BCUT2D eigenvalue weighted by atomic mass is 9.99. The molecule has 0 aliphatic rings.